The van der Waals surface area contributed by atoms with Crippen LogP contribution in [0.5, 0.6) is 11.6 Å². The van der Waals surface area contributed by atoms with Crippen molar-refractivity contribution in [1.82, 2.24) is 4.98 Å². The van der Waals surface area contributed by atoms with E-state index in [1.165, 1.54) is 18.7 Å². The van der Waals surface area contributed by atoms with Gasteiger partial charge in [-0.25, -0.2) is 9.37 Å². The molecule has 2 heterocycles. The first-order valence-corrected chi connectivity index (χ1v) is 8.44. The van der Waals surface area contributed by atoms with Gasteiger partial charge in [0.05, 0.1) is 23.8 Å². The number of anilines is 1. The molecule has 7 nitrogen and oxygen atoms in total. The maximum atomic E-state index is 13.4. The topological polar surface area (TPSA) is 85.3 Å². The fraction of sp³-hybridized carbons (Fsp3) is 0.278. The van der Waals surface area contributed by atoms with E-state index in [0.29, 0.717) is 5.88 Å². The van der Waals surface area contributed by atoms with Crippen LogP contribution in [0.4, 0.5) is 24.5 Å². The van der Waals surface area contributed by atoms with Crippen molar-refractivity contribution in [1.29, 1.82) is 0 Å². The van der Waals surface area contributed by atoms with Gasteiger partial charge in [-0.05, 0) is 24.6 Å². The summed E-state index contributed by atoms with van der Waals surface area (Å²) in [6, 6.07) is 6.98. The monoisotopic (exact) mass is 393 g/mol. The van der Waals surface area contributed by atoms with Crippen molar-refractivity contribution in [2.24, 2.45) is 15.9 Å². The van der Waals surface area contributed by atoms with Gasteiger partial charge in [0.15, 0.2) is 11.6 Å². The summed E-state index contributed by atoms with van der Waals surface area (Å²) in [5.74, 6) is 4.20. The first-order chi connectivity index (χ1) is 13.5. The molecular formula is C18H18F3N5O2. The highest BCUT2D eigenvalue weighted by Gasteiger charge is 2.14. The molecular weight excluding hydrogens is 375 g/mol. The van der Waals surface area contributed by atoms with Crippen LogP contribution < -0.4 is 20.2 Å². The fourth-order valence-corrected chi connectivity index (χ4v) is 2.38. The van der Waals surface area contributed by atoms with Gasteiger partial charge in [0, 0.05) is 25.2 Å². The van der Waals surface area contributed by atoms with Crippen LogP contribution in [-0.4, -0.2) is 43.2 Å². The summed E-state index contributed by atoms with van der Waals surface area (Å²) >= 11 is 0. The third-order valence-corrected chi connectivity index (χ3v) is 3.97. The zero-order valence-electron chi connectivity index (χ0n) is 14.8. The van der Waals surface area contributed by atoms with Gasteiger partial charge in [-0.1, -0.05) is 0 Å². The summed E-state index contributed by atoms with van der Waals surface area (Å²) in [6.45, 7) is -1.09. The lowest BCUT2D eigenvalue weighted by molar-refractivity contribution is -0.0521. The number of hydrogen-bond donors (Lipinski definition) is 1. The summed E-state index contributed by atoms with van der Waals surface area (Å²) in [5.41, 5.74) is 1.50. The Morgan fingerprint density at radius 2 is 2.11 bits per heavy atom. The largest absolute Gasteiger partial charge is 0.471 e. The van der Waals surface area contributed by atoms with Crippen LogP contribution in [0, 0.1) is 5.82 Å². The average Bonchev–Trinajstić information content (AvgIpc) is 2.64. The molecule has 0 radical (unpaired) electrons. The minimum Gasteiger partial charge on any atom is -0.471 e. The summed E-state index contributed by atoms with van der Waals surface area (Å²) in [5, 5.41) is 3.56. The molecule has 2 aromatic rings. The molecule has 1 aromatic carbocycles. The molecule has 10 heteroatoms. The Kier molecular flexibility index (Phi) is 6.30. The number of benzene rings is 1. The lowest BCUT2D eigenvalue weighted by Gasteiger charge is -2.32. The first kappa shape index (κ1) is 19.5. The molecule has 0 unspecified atom stereocenters. The first-order valence-electron chi connectivity index (χ1n) is 8.44. The van der Waals surface area contributed by atoms with Gasteiger partial charge in [-0.3, -0.25) is 4.99 Å². The van der Waals surface area contributed by atoms with Crippen molar-refractivity contribution in [2.45, 2.75) is 13.0 Å². The Morgan fingerprint density at radius 3 is 2.71 bits per heavy atom. The highest BCUT2D eigenvalue weighted by molar-refractivity contribution is 6.31. The quantitative estimate of drug-likeness (QED) is 0.423. The molecule has 0 spiro atoms. The Hall–Kier alpha value is -3.30. The second kappa shape index (κ2) is 9.07. The van der Waals surface area contributed by atoms with Crippen molar-refractivity contribution in [3.8, 4) is 11.6 Å². The summed E-state index contributed by atoms with van der Waals surface area (Å²) in [4.78, 5) is 10.4. The Morgan fingerprint density at radius 1 is 1.29 bits per heavy atom. The zero-order chi connectivity index (χ0) is 19.9. The van der Waals surface area contributed by atoms with Gasteiger partial charge in [-0.2, -0.15) is 13.9 Å². The van der Waals surface area contributed by atoms with Crippen molar-refractivity contribution >= 4 is 23.3 Å². The Balaban J connectivity index is 1.58. The zero-order valence-corrected chi connectivity index (χ0v) is 14.8. The van der Waals surface area contributed by atoms with Crippen LogP contribution >= 0.6 is 0 Å². The SMILES string of the molecule is NN=C(C=Nc1ccc(F)c(OC(F)F)c1)COc1ccc(N2CCC2)cn1. The molecule has 0 aliphatic carbocycles. The van der Waals surface area contributed by atoms with Crippen molar-refractivity contribution in [2.75, 3.05) is 24.6 Å². The number of ether oxygens (including phenoxy) is 2. The molecule has 0 bridgehead atoms. The molecule has 1 saturated heterocycles. The van der Waals surface area contributed by atoms with E-state index in [2.05, 4.69) is 24.7 Å². The van der Waals surface area contributed by atoms with E-state index in [9.17, 15) is 13.2 Å². The Bertz CT molecular complexity index is 855. The molecule has 28 heavy (non-hydrogen) atoms. The smallest absolute Gasteiger partial charge is 0.387 e. The number of alkyl halides is 2. The second-order valence-electron chi connectivity index (χ2n) is 5.86. The number of pyridine rings is 1. The molecule has 3 rings (SSSR count). The van der Waals surface area contributed by atoms with Crippen LogP contribution in [-0.2, 0) is 0 Å². The normalized spacial score (nSPS) is 14.4. The third-order valence-electron chi connectivity index (χ3n) is 3.97. The van der Waals surface area contributed by atoms with Crippen LogP contribution in [0.1, 0.15) is 6.42 Å². The number of halogens is 3. The van der Waals surface area contributed by atoms with Gasteiger partial charge in [0.25, 0.3) is 0 Å². The minimum absolute atomic E-state index is 0.00233. The van der Waals surface area contributed by atoms with Crippen LogP contribution in [0.15, 0.2) is 46.6 Å². The van der Waals surface area contributed by atoms with Gasteiger partial charge in [0.2, 0.25) is 5.88 Å². The molecule has 0 amide bonds. The number of aliphatic imine (C=N–C) groups is 1. The maximum absolute atomic E-state index is 13.4. The molecule has 148 valence electrons. The van der Waals surface area contributed by atoms with E-state index in [1.54, 1.807) is 12.3 Å². The third kappa shape index (κ3) is 5.12. The average molecular weight is 393 g/mol. The number of hydrogen-bond acceptors (Lipinski definition) is 7. The lowest BCUT2D eigenvalue weighted by Crippen LogP contribution is -2.36. The molecule has 2 N–H and O–H groups in total. The molecule has 1 aromatic heterocycles. The number of nitrogens with two attached hydrogens (primary N) is 1. The van der Waals surface area contributed by atoms with Crippen LogP contribution in [0.3, 0.4) is 0 Å². The summed E-state index contributed by atoms with van der Waals surface area (Å²) < 4.78 is 47.6. The molecule has 1 aliphatic rings. The molecule has 0 atom stereocenters. The predicted octanol–water partition coefficient (Wildman–Crippen LogP) is 3.13. The van der Waals surface area contributed by atoms with E-state index in [4.69, 9.17) is 10.6 Å². The number of nitrogens with zero attached hydrogens (tertiary/aromatic N) is 4. The standard InChI is InChI=1S/C18H18F3N5O2/c19-15-4-2-12(8-16(15)28-18(20)21)23-9-13(25-22)11-27-17-5-3-14(10-24-17)26-6-1-7-26/h2-5,8-10,18H,1,6-7,11,22H2. The molecule has 1 aliphatic heterocycles. The molecule has 1 fully saturated rings. The maximum Gasteiger partial charge on any atom is 0.387 e. The van der Waals surface area contributed by atoms with E-state index in [-0.39, 0.29) is 18.0 Å². The predicted molar refractivity (Wildman–Crippen MR) is 99.4 cm³/mol. The highest BCUT2D eigenvalue weighted by atomic mass is 19.3. The number of hydrazone groups is 1. The van der Waals surface area contributed by atoms with Crippen LogP contribution in [0.25, 0.3) is 0 Å². The van der Waals surface area contributed by atoms with E-state index < -0.39 is 18.2 Å². The second-order valence-corrected chi connectivity index (χ2v) is 5.86. The van der Waals surface area contributed by atoms with Crippen molar-refractivity contribution in [3.05, 3.63) is 42.3 Å². The fourth-order valence-electron chi connectivity index (χ4n) is 2.38. The molecule has 0 saturated carbocycles. The van der Waals surface area contributed by atoms with Crippen molar-refractivity contribution in [3.63, 3.8) is 0 Å². The Labute approximate surface area is 159 Å². The van der Waals surface area contributed by atoms with Crippen molar-refractivity contribution < 1.29 is 22.6 Å². The highest BCUT2D eigenvalue weighted by Crippen LogP contribution is 2.25. The van der Waals surface area contributed by atoms with Gasteiger partial charge < -0.3 is 20.2 Å². The lowest BCUT2D eigenvalue weighted by atomic mass is 10.2. The van der Waals surface area contributed by atoms with E-state index in [1.807, 2.05) is 6.07 Å². The van der Waals surface area contributed by atoms with Gasteiger partial charge in [-0.15, -0.1) is 0 Å². The summed E-state index contributed by atoms with van der Waals surface area (Å²) in [7, 11) is 0. The van der Waals surface area contributed by atoms with Crippen LogP contribution in [0.2, 0.25) is 0 Å². The number of aromatic nitrogens is 1. The van der Waals surface area contributed by atoms with Gasteiger partial charge in [0.1, 0.15) is 12.3 Å². The summed E-state index contributed by atoms with van der Waals surface area (Å²) in [6.07, 6.45) is 4.19. The minimum atomic E-state index is -3.14. The van der Waals surface area contributed by atoms with E-state index in [0.717, 1.165) is 30.9 Å². The van der Waals surface area contributed by atoms with E-state index >= 15 is 0 Å². The van der Waals surface area contributed by atoms with Gasteiger partial charge >= 0.3 is 6.61 Å². The number of rotatable bonds is 8.